The Morgan fingerprint density at radius 2 is 1.93 bits per heavy atom. The molecule has 0 unspecified atom stereocenters. The molecular formula is C20H24N6O3. The van der Waals surface area contributed by atoms with Gasteiger partial charge in [0.15, 0.2) is 17.0 Å². The van der Waals surface area contributed by atoms with Crippen LogP contribution in [0, 0.1) is 5.92 Å². The van der Waals surface area contributed by atoms with Gasteiger partial charge in [-0.15, -0.1) is 0 Å². The van der Waals surface area contributed by atoms with E-state index in [2.05, 4.69) is 25.2 Å². The van der Waals surface area contributed by atoms with E-state index >= 15 is 0 Å². The number of aryl methyl sites for hydroxylation is 1. The number of hydrogen-bond donors (Lipinski definition) is 1. The van der Waals surface area contributed by atoms with Gasteiger partial charge in [0.2, 0.25) is 5.91 Å². The van der Waals surface area contributed by atoms with Crippen LogP contribution in [0.15, 0.2) is 30.9 Å². The van der Waals surface area contributed by atoms with Crippen molar-refractivity contribution in [2.24, 2.45) is 13.0 Å². The van der Waals surface area contributed by atoms with Gasteiger partial charge in [-0.05, 0) is 25.0 Å². The highest BCUT2D eigenvalue weighted by Gasteiger charge is 2.27. The van der Waals surface area contributed by atoms with Gasteiger partial charge in [0.05, 0.1) is 26.2 Å². The third-order valence-electron chi connectivity index (χ3n) is 5.31. The molecule has 0 spiro atoms. The number of anilines is 2. The number of piperidine rings is 1. The number of carbonyl (C=O) groups excluding carboxylic acids is 1. The van der Waals surface area contributed by atoms with Crippen LogP contribution < -0.4 is 19.7 Å². The molecule has 0 bridgehead atoms. The van der Waals surface area contributed by atoms with Crippen LogP contribution in [0.25, 0.3) is 11.2 Å². The molecule has 2 aromatic heterocycles. The number of hydrogen-bond acceptors (Lipinski definition) is 7. The van der Waals surface area contributed by atoms with Gasteiger partial charge in [-0.25, -0.2) is 15.0 Å². The molecule has 1 fully saturated rings. The number of amides is 1. The first-order valence-corrected chi connectivity index (χ1v) is 9.50. The molecule has 0 aliphatic carbocycles. The second kappa shape index (κ2) is 7.94. The molecule has 0 radical (unpaired) electrons. The molecule has 1 amide bonds. The summed E-state index contributed by atoms with van der Waals surface area (Å²) in [5.41, 5.74) is 2.24. The highest BCUT2D eigenvalue weighted by Crippen LogP contribution is 2.31. The van der Waals surface area contributed by atoms with Gasteiger partial charge >= 0.3 is 0 Å². The lowest BCUT2D eigenvalue weighted by atomic mass is 9.95. The van der Waals surface area contributed by atoms with Gasteiger partial charge in [-0.3, -0.25) is 4.79 Å². The lowest BCUT2D eigenvalue weighted by Gasteiger charge is -2.32. The third-order valence-corrected chi connectivity index (χ3v) is 5.31. The fourth-order valence-corrected chi connectivity index (χ4v) is 3.65. The number of nitrogens with zero attached hydrogens (tertiary/aromatic N) is 5. The Hall–Kier alpha value is -3.36. The maximum absolute atomic E-state index is 12.8. The second-order valence-electron chi connectivity index (χ2n) is 7.04. The van der Waals surface area contributed by atoms with E-state index in [4.69, 9.17) is 9.47 Å². The fourth-order valence-electron chi connectivity index (χ4n) is 3.65. The van der Waals surface area contributed by atoms with Crippen molar-refractivity contribution in [3.05, 3.63) is 30.9 Å². The van der Waals surface area contributed by atoms with E-state index in [9.17, 15) is 4.79 Å². The zero-order chi connectivity index (χ0) is 20.4. The van der Waals surface area contributed by atoms with Crippen LogP contribution in [-0.2, 0) is 11.8 Å². The molecule has 1 N–H and O–H groups in total. The van der Waals surface area contributed by atoms with E-state index < -0.39 is 0 Å². The molecule has 9 nitrogen and oxygen atoms in total. The Morgan fingerprint density at radius 3 is 2.66 bits per heavy atom. The van der Waals surface area contributed by atoms with E-state index in [1.807, 2.05) is 11.6 Å². The summed E-state index contributed by atoms with van der Waals surface area (Å²) >= 11 is 0. The standard InChI is InChI=1S/C20H24N6O3/c1-25-12-23-17-18(25)21-11-22-19(17)26-8-6-13(7-9-26)20(27)24-15-5-4-14(28-2)10-16(15)29-3/h4-5,10-13H,6-9H2,1-3H3,(H,24,27). The zero-order valence-corrected chi connectivity index (χ0v) is 16.8. The summed E-state index contributed by atoms with van der Waals surface area (Å²) in [6.45, 7) is 1.47. The molecular weight excluding hydrogens is 372 g/mol. The van der Waals surface area contributed by atoms with E-state index in [1.54, 1.807) is 45.1 Å². The number of carbonyl (C=O) groups is 1. The number of benzene rings is 1. The van der Waals surface area contributed by atoms with Crippen LogP contribution in [0.3, 0.4) is 0 Å². The third kappa shape index (κ3) is 3.67. The van der Waals surface area contributed by atoms with Crippen molar-refractivity contribution in [3.8, 4) is 11.5 Å². The van der Waals surface area contributed by atoms with Gasteiger partial charge in [0, 0.05) is 32.1 Å². The van der Waals surface area contributed by atoms with Crippen molar-refractivity contribution in [3.63, 3.8) is 0 Å². The SMILES string of the molecule is COc1ccc(NC(=O)C2CCN(c3ncnc4c3ncn4C)CC2)c(OC)c1. The van der Waals surface area contributed by atoms with Crippen molar-refractivity contribution >= 4 is 28.6 Å². The van der Waals surface area contributed by atoms with Crippen molar-refractivity contribution < 1.29 is 14.3 Å². The average molecular weight is 396 g/mol. The minimum absolute atomic E-state index is 0.00112. The number of imidazole rings is 1. The van der Waals surface area contributed by atoms with Crippen LogP contribution in [0.1, 0.15) is 12.8 Å². The maximum Gasteiger partial charge on any atom is 0.227 e. The van der Waals surface area contributed by atoms with Crippen molar-refractivity contribution in [2.75, 3.05) is 37.5 Å². The normalized spacial score (nSPS) is 14.8. The van der Waals surface area contributed by atoms with Crippen molar-refractivity contribution in [1.82, 2.24) is 19.5 Å². The first-order chi connectivity index (χ1) is 14.1. The Bertz CT molecular complexity index is 1030. The second-order valence-corrected chi connectivity index (χ2v) is 7.04. The largest absolute Gasteiger partial charge is 0.497 e. The first kappa shape index (κ1) is 19.0. The van der Waals surface area contributed by atoms with E-state index in [-0.39, 0.29) is 11.8 Å². The molecule has 29 heavy (non-hydrogen) atoms. The summed E-state index contributed by atoms with van der Waals surface area (Å²) in [5, 5.41) is 2.99. The molecule has 1 aliphatic rings. The number of aromatic nitrogens is 4. The summed E-state index contributed by atoms with van der Waals surface area (Å²) < 4.78 is 12.4. The van der Waals surface area contributed by atoms with Gasteiger partial charge in [-0.2, -0.15) is 0 Å². The Kier molecular flexibility index (Phi) is 5.20. The highest BCUT2D eigenvalue weighted by atomic mass is 16.5. The molecule has 1 aliphatic heterocycles. The van der Waals surface area contributed by atoms with Crippen LogP contribution in [0.4, 0.5) is 11.5 Å². The average Bonchev–Trinajstić information content (AvgIpc) is 3.15. The monoisotopic (exact) mass is 396 g/mol. The van der Waals surface area contributed by atoms with E-state index in [0.717, 1.165) is 42.9 Å². The Labute approximate surface area is 168 Å². The highest BCUT2D eigenvalue weighted by molar-refractivity contribution is 5.94. The minimum atomic E-state index is -0.0703. The molecule has 1 saturated heterocycles. The van der Waals surface area contributed by atoms with Gasteiger partial charge < -0.3 is 24.3 Å². The van der Waals surface area contributed by atoms with Crippen molar-refractivity contribution in [2.45, 2.75) is 12.8 Å². The summed E-state index contributed by atoms with van der Waals surface area (Å²) in [6.07, 6.45) is 4.78. The smallest absolute Gasteiger partial charge is 0.227 e. The van der Waals surface area contributed by atoms with Crippen molar-refractivity contribution in [1.29, 1.82) is 0 Å². The first-order valence-electron chi connectivity index (χ1n) is 9.50. The molecule has 4 rings (SSSR count). The maximum atomic E-state index is 12.8. The lowest BCUT2D eigenvalue weighted by Crippen LogP contribution is -2.38. The number of nitrogens with one attached hydrogen (secondary N) is 1. The quantitative estimate of drug-likeness (QED) is 0.707. The molecule has 3 heterocycles. The van der Waals surface area contributed by atoms with Gasteiger partial charge in [0.25, 0.3) is 0 Å². The Morgan fingerprint density at radius 1 is 1.14 bits per heavy atom. The predicted molar refractivity (Wildman–Crippen MR) is 109 cm³/mol. The van der Waals surface area contributed by atoms with Gasteiger partial charge in [0.1, 0.15) is 17.8 Å². The van der Waals surface area contributed by atoms with Crippen LogP contribution in [0.2, 0.25) is 0 Å². The number of fused-ring (bicyclic) bond motifs is 1. The molecule has 0 saturated carbocycles. The molecule has 0 atom stereocenters. The zero-order valence-electron chi connectivity index (χ0n) is 16.8. The fraction of sp³-hybridized carbons (Fsp3) is 0.400. The van der Waals surface area contributed by atoms with Crippen LogP contribution >= 0.6 is 0 Å². The summed E-state index contributed by atoms with van der Waals surface area (Å²) in [4.78, 5) is 28.1. The van der Waals surface area contributed by atoms with Crippen LogP contribution in [0.5, 0.6) is 11.5 Å². The number of rotatable bonds is 5. The summed E-state index contributed by atoms with van der Waals surface area (Å²) in [7, 11) is 5.08. The summed E-state index contributed by atoms with van der Waals surface area (Å²) in [6, 6.07) is 5.35. The number of methoxy groups -OCH3 is 2. The molecule has 3 aromatic rings. The topological polar surface area (TPSA) is 94.4 Å². The lowest BCUT2D eigenvalue weighted by molar-refractivity contribution is -0.120. The minimum Gasteiger partial charge on any atom is -0.497 e. The van der Waals surface area contributed by atoms with E-state index in [1.165, 1.54) is 0 Å². The van der Waals surface area contributed by atoms with Crippen LogP contribution in [-0.4, -0.2) is 52.7 Å². The Balaban J connectivity index is 1.42. The number of ether oxygens (including phenoxy) is 2. The molecule has 1 aromatic carbocycles. The van der Waals surface area contributed by atoms with E-state index in [0.29, 0.717) is 17.2 Å². The summed E-state index contributed by atoms with van der Waals surface area (Å²) in [5.74, 6) is 2.01. The predicted octanol–water partition coefficient (Wildman–Crippen LogP) is 2.24. The molecule has 9 heteroatoms. The molecule has 152 valence electrons. The van der Waals surface area contributed by atoms with Gasteiger partial charge in [-0.1, -0.05) is 0 Å².